The van der Waals surface area contributed by atoms with Crippen molar-refractivity contribution < 1.29 is 10.2 Å². The molecule has 2 aromatic heterocycles. The summed E-state index contributed by atoms with van der Waals surface area (Å²) >= 11 is 0. The highest BCUT2D eigenvalue weighted by molar-refractivity contribution is 5.64. The van der Waals surface area contributed by atoms with Crippen molar-refractivity contribution in [1.82, 2.24) is 24.5 Å². The number of nitrogens with zero attached hydrogens (tertiary/aromatic N) is 6. The summed E-state index contributed by atoms with van der Waals surface area (Å²) in [6.07, 6.45) is 5.19. The summed E-state index contributed by atoms with van der Waals surface area (Å²) < 4.78 is 30.2. The molecule has 7 nitrogen and oxygen atoms in total. The van der Waals surface area contributed by atoms with E-state index in [9.17, 15) is 8.78 Å². The Morgan fingerprint density at radius 2 is 1.83 bits per heavy atom. The molecule has 1 N–H and O–H groups in total. The van der Waals surface area contributed by atoms with Crippen LogP contribution in [0.4, 0.5) is 26.1 Å². The third-order valence-electron chi connectivity index (χ3n) is 5.05. The van der Waals surface area contributed by atoms with Gasteiger partial charge in [-0.05, 0) is 48.9 Å². The van der Waals surface area contributed by atoms with Crippen molar-refractivity contribution in [2.75, 3.05) is 23.3 Å². The highest BCUT2D eigenvalue weighted by Gasteiger charge is 2.28. The van der Waals surface area contributed by atoms with Gasteiger partial charge in [0.1, 0.15) is 18.0 Å². The Labute approximate surface area is 173 Å². The topological polar surface area (TPSA) is 63.8 Å². The molecule has 0 bridgehead atoms. The third kappa shape index (κ3) is 3.61. The van der Waals surface area contributed by atoms with Crippen LogP contribution in [0, 0.1) is 18.6 Å². The summed E-state index contributed by atoms with van der Waals surface area (Å²) in [6.45, 7) is 3.81. The summed E-state index contributed by atoms with van der Waals surface area (Å²) in [6, 6.07) is 11.7. The molecule has 9 heteroatoms. The fraction of sp³-hybridized carbons (Fsp3) is 0.190. The van der Waals surface area contributed by atoms with E-state index in [1.807, 2.05) is 36.0 Å². The second-order valence-corrected chi connectivity index (χ2v) is 7.37. The van der Waals surface area contributed by atoms with Crippen molar-refractivity contribution in [3.8, 4) is 5.69 Å². The Bertz CT molecular complexity index is 1170. The molecule has 0 saturated carbocycles. The van der Waals surface area contributed by atoms with Crippen molar-refractivity contribution in [2.24, 2.45) is 0 Å². The molecule has 1 saturated heterocycles. The zero-order chi connectivity index (χ0) is 20.7. The first-order valence-electron chi connectivity index (χ1n) is 9.54. The molecule has 0 atom stereocenters. The van der Waals surface area contributed by atoms with Crippen LogP contribution in [0.3, 0.4) is 0 Å². The van der Waals surface area contributed by atoms with Crippen molar-refractivity contribution in [3.05, 3.63) is 78.4 Å². The fourth-order valence-electron chi connectivity index (χ4n) is 3.59. The van der Waals surface area contributed by atoms with E-state index < -0.39 is 11.6 Å². The lowest BCUT2D eigenvalue weighted by atomic mass is 10.1. The van der Waals surface area contributed by atoms with Crippen LogP contribution in [-0.4, -0.2) is 37.6 Å². The molecule has 154 valence electrons. The number of anilines is 3. The van der Waals surface area contributed by atoms with Crippen LogP contribution in [0.2, 0.25) is 0 Å². The highest BCUT2D eigenvalue weighted by atomic mass is 19.1. The van der Waals surface area contributed by atoms with E-state index in [0.29, 0.717) is 12.0 Å². The molecule has 4 aromatic rings. The standard InChI is InChI=1S/C21H19F2N7.H2/c1-14-5-17(10-18(6-14)28-11-20(12-28)29-4-2-3-25-29)26-21-24-13-30(27-21)19-8-15(22)7-16(23)9-19;/h2-10,13,20H,11-12H2,1H3,(H,26,27);1H. The van der Waals surface area contributed by atoms with E-state index >= 15 is 0 Å². The molecule has 1 aliphatic heterocycles. The lowest BCUT2D eigenvalue weighted by Crippen LogP contribution is -2.48. The number of benzene rings is 2. The number of nitrogens with one attached hydrogen (secondary N) is 1. The average molecular weight is 409 g/mol. The summed E-state index contributed by atoms with van der Waals surface area (Å²) in [5, 5.41) is 11.8. The Kier molecular flexibility index (Phi) is 4.42. The van der Waals surface area contributed by atoms with Gasteiger partial charge in [0, 0.05) is 44.4 Å². The lowest BCUT2D eigenvalue weighted by Gasteiger charge is -2.41. The number of halogens is 2. The second-order valence-electron chi connectivity index (χ2n) is 7.37. The number of aromatic nitrogens is 5. The molecular weight excluding hydrogens is 388 g/mol. The molecule has 2 aromatic carbocycles. The number of hydrogen-bond acceptors (Lipinski definition) is 5. The van der Waals surface area contributed by atoms with Crippen molar-refractivity contribution >= 4 is 17.3 Å². The molecule has 5 rings (SSSR count). The first-order valence-corrected chi connectivity index (χ1v) is 9.54. The summed E-state index contributed by atoms with van der Waals surface area (Å²) in [4.78, 5) is 6.49. The first kappa shape index (κ1) is 18.3. The summed E-state index contributed by atoms with van der Waals surface area (Å²) in [5.74, 6) is -0.989. The van der Waals surface area contributed by atoms with Gasteiger partial charge < -0.3 is 10.2 Å². The number of aryl methyl sites for hydroxylation is 1. The predicted octanol–water partition coefficient (Wildman–Crippen LogP) is 4.10. The van der Waals surface area contributed by atoms with Crippen molar-refractivity contribution in [1.29, 1.82) is 0 Å². The Morgan fingerprint density at radius 1 is 1.03 bits per heavy atom. The van der Waals surface area contributed by atoms with Crippen LogP contribution in [-0.2, 0) is 0 Å². The molecule has 0 amide bonds. The monoisotopic (exact) mass is 409 g/mol. The predicted molar refractivity (Wildman–Crippen MR) is 111 cm³/mol. The maximum absolute atomic E-state index is 13.5. The Hall–Kier alpha value is -3.75. The molecule has 1 fully saturated rings. The smallest absolute Gasteiger partial charge is 0.246 e. The molecule has 0 radical (unpaired) electrons. The highest BCUT2D eigenvalue weighted by Crippen LogP contribution is 2.31. The van der Waals surface area contributed by atoms with Crippen LogP contribution < -0.4 is 10.2 Å². The van der Waals surface area contributed by atoms with Gasteiger partial charge in [0.25, 0.3) is 0 Å². The third-order valence-corrected chi connectivity index (χ3v) is 5.05. The fourth-order valence-corrected chi connectivity index (χ4v) is 3.59. The van der Waals surface area contributed by atoms with Gasteiger partial charge in [-0.25, -0.2) is 13.5 Å². The summed E-state index contributed by atoms with van der Waals surface area (Å²) in [7, 11) is 0. The Morgan fingerprint density at radius 3 is 2.57 bits per heavy atom. The van der Waals surface area contributed by atoms with Crippen molar-refractivity contribution in [2.45, 2.75) is 13.0 Å². The van der Waals surface area contributed by atoms with E-state index in [1.54, 1.807) is 6.20 Å². The quantitative estimate of drug-likeness (QED) is 0.538. The van der Waals surface area contributed by atoms with Gasteiger partial charge in [-0.3, -0.25) is 4.68 Å². The maximum atomic E-state index is 13.5. The lowest BCUT2D eigenvalue weighted by molar-refractivity contribution is 0.368. The minimum atomic E-state index is -0.665. The number of rotatable bonds is 5. The minimum Gasteiger partial charge on any atom is -0.367 e. The van der Waals surface area contributed by atoms with Crippen LogP contribution in [0.25, 0.3) is 5.69 Å². The molecule has 0 unspecified atom stereocenters. The van der Waals surface area contributed by atoms with Gasteiger partial charge in [0.15, 0.2) is 0 Å². The molecule has 30 heavy (non-hydrogen) atoms. The van der Waals surface area contributed by atoms with Gasteiger partial charge >= 0.3 is 0 Å². The van der Waals surface area contributed by atoms with Crippen LogP contribution in [0.15, 0.2) is 61.2 Å². The second kappa shape index (κ2) is 7.25. The van der Waals surface area contributed by atoms with Gasteiger partial charge in [-0.2, -0.15) is 10.1 Å². The molecule has 0 spiro atoms. The minimum absolute atomic E-state index is 0. The normalized spacial score (nSPS) is 14.0. The number of hydrogen-bond donors (Lipinski definition) is 1. The van der Waals surface area contributed by atoms with E-state index in [2.05, 4.69) is 31.5 Å². The largest absolute Gasteiger partial charge is 0.367 e. The first-order chi connectivity index (χ1) is 14.5. The summed E-state index contributed by atoms with van der Waals surface area (Å²) in [5.41, 5.74) is 3.32. The molecule has 3 heterocycles. The molecule has 0 aliphatic carbocycles. The van der Waals surface area contributed by atoms with E-state index in [1.165, 1.54) is 23.1 Å². The van der Waals surface area contributed by atoms with E-state index in [0.717, 1.165) is 36.1 Å². The Balaban J connectivity index is 0.00000231. The van der Waals surface area contributed by atoms with Crippen LogP contribution in [0.5, 0.6) is 0 Å². The van der Waals surface area contributed by atoms with Gasteiger partial charge in [-0.15, -0.1) is 5.10 Å². The molecular formula is C21H21F2N7. The average Bonchev–Trinajstić information content (AvgIpc) is 3.31. The SMILES string of the molecule is Cc1cc(Nc2ncn(-c3cc(F)cc(F)c3)n2)cc(N2CC(n3cccn3)C2)c1.[HH]. The van der Waals surface area contributed by atoms with Crippen LogP contribution >= 0.6 is 0 Å². The maximum Gasteiger partial charge on any atom is 0.246 e. The van der Waals surface area contributed by atoms with Crippen molar-refractivity contribution in [3.63, 3.8) is 0 Å². The van der Waals surface area contributed by atoms with Gasteiger partial charge in [0.05, 0.1) is 11.7 Å². The van der Waals surface area contributed by atoms with Crippen LogP contribution in [0.1, 0.15) is 13.0 Å². The van der Waals surface area contributed by atoms with Gasteiger partial charge in [0.2, 0.25) is 5.95 Å². The zero-order valence-electron chi connectivity index (χ0n) is 16.2. The van der Waals surface area contributed by atoms with Gasteiger partial charge in [-0.1, -0.05) is 0 Å². The molecule has 1 aliphatic rings. The van der Waals surface area contributed by atoms with E-state index in [4.69, 9.17) is 0 Å². The zero-order valence-corrected chi connectivity index (χ0v) is 16.2. The van der Waals surface area contributed by atoms with E-state index in [-0.39, 0.29) is 7.11 Å².